The van der Waals surface area contributed by atoms with Crippen molar-refractivity contribution < 1.29 is 23.0 Å². The molecule has 144 valence electrons. The van der Waals surface area contributed by atoms with Crippen LogP contribution in [0.15, 0.2) is 83.5 Å². The minimum absolute atomic E-state index is 0.0656. The van der Waals surface area contributed by atoms with E-state index >= 15 is 0 Å². The Morgan fingerprint density at radius 2 is 1.66 bits per heavy atom. The normalized spacial score (nSPS) is 14.6. The first kappa shape index (κ1) is 18.6. The fraction of sp³-hybridized carbons (Fsp3) is 0.0435. The third kappa shape index (κ3) is 4.55. The molecule has 3 aromatic carbocycles. The maximum Gasteiger partial charge on any atom is 0.363 e. The van der Waals surface area contributed by atoms with Crippen molar-refractivity contribution in [1.29, 1.82) is 0 Å². The second-order valence-corrected chi connectivity index (χ2v) is 6.33. The Morgan fingerprint density at radius 1 is 0.931 bits per heavy atom. The molecule has 0 aromatic heterocycles. The van der Waals surface area contributed by atoms with Crippen LogP contribution < -0.4 is 4.74 Å². The van der Waals surface area contributed by atoms with Crippen LogP contribution in [-0.4, -0.2) is 11.9 Å². The molecule has 0 atom stereocenters. The van der Waals surface area contributed by atoms with Crippen LogP contribution in [0.4, 0.5) is 8.78 Å². The lowest BCUT2D eigenvalue weighted by molar-refractivity contribution is -0.129. The van der Waals surface area contributed by atoms with E-state index in [2.05, 4.69) is 4.99 Å². The van der Waals surface area contributed by atoms with Crippen LogP contribution in [0.2, 0.25) is 0 Å². The molecular formula is C23H15F2NO3. The lowest BCUT2D eigenvalue weighted by Gasteiger charge is -2.06. The lowest BCUT2D eigenvalue weighted by atomic mass is 10.2. The van der Waals surface area contributed by atoms with Crippen molar-refractivity contribution in [2.24, 2.45) is 4.99 Å². The zero-order valence-electron chi connectivity index (χ0n) is 15.1. The molecule has 0 saturated heterocycles. The molecule has 1 aliphatic rings. The van der Waals surface area contributed by atoms with Crippen LogP contribution in [0, 0.1) is 11.6 Å². The predicted molar refractivity (Wildman–Crippen MR) is 104 cm³/mol. The van der Waals surface area contributed by atoms with Gasteiger partial charge in [-0.05, 0) is 59.7 Å². The molecule has 29 heavy (non-hydrogen) atoms. The van der Waals surface area contributed by atoms with Crippen molar-refractivity contribution in [2.75, 3.05) is 0 Å². The van der Waals surface area contributed by atoms with E-state index in [0.717, 1.165) is 11.1 Å². The van der Waals surface area contributed by atoms with E-state index < -0.39 is 11.8 Å². The van der Waals surface area contributed by atoms with Gasteiger partial charge in [-0.1, -0.05) is 30.3 Å². The first-order valence-electron chi connectivity index (χ1n) is 8.83. The number of benzene rings is 3. The third-order valence-corrected chi connectivity index (χ3v) is 4.17. The molecule has 4 rings (SSSR count). The molecule has 0 bridgehead atoms. The van der Waals surface area contributed by atoms with Crippen molar-refractivity contribution in [2.45, 2.75) is 6.61 Å². The van der Waals surface area contributed by atoms with Crippen molar-refractivity contribution >= 4 is 17.9 Å². The number of halogens is 2. The summed E-state index contributed by atoms with van der Waals surface area (Å²) in [4.78, 5) is 16.2. The molecule has 0 saturated carbocycles. The van der Waals surface area contributed by atoms with Gasteiger partial charge in [-0.15, -0.1) is 0 Å². The number of hydrogen-bond acceptors (Lipinski definition) is 4. The fourth-order valence-electron chi connectivity index (χ4n) is 2.77. The number of carbonyl (C=O) groups is 1. The van der Waals surface area contributed by atoms with Gasteiger partial charge >= 0.3 is 5.97 Å². The van der Waals surface area contributed by atoms with Crippen molar-refractivity contribution in [1.82, 2.24) is 0 Å². The second kappa shape index (κ2) is 8.06. The number of esters is 1. The van der Waals surface area contributed by atoms with Crippen molar-refractivity contribution in [3.05, 3.63) is 107 Å². The standard InChI is InChI=1S/C23H15F2NO3/c24-18-5-1-3-16(11-18)14-28-20-9-7-15(8-10-20)12-21-23(27)29-22(26-21)17-4-2-6-19(25)13-17/h1-13H,14H2/b21-12-. The molecule has 0 radical (unpaired) electrons. The number of hydrogen-bond donors (Lipinski definition) is 0. The van der Waals surface area contributed by atoms with Gasteiger partial charge in [0.05, 0.1) is 0 Å². The minimum atomic E-state index is -0.601. The molecule has 0 amide bonds. The number of carbonyl (C=O) groups excluding carboxylic acids is 1. The van der Waals surface area contributed by atoms with Gasteiger partial charge < -0.3 is 9.47 Å². The van der Waals surface area contributed by atoms with Gasteiger partial charge in [0.15, 0.2) is 5.70 Å². The molecule has 0 N–H and O–H groups in total. The van der Waals surface area contributed by atoms with E-state index in [1.807, 2.05) is 0 Å². The van der Waals surface area contributed by atoms with Gasteiger partial charge in [0, 0.05) is 5.56 Å². The summed E-state index contributed by atoms with van der Waals surface area (Å²) in [6, 6.07) is 18.9. The Morgan fingerprint density at radius 3 is 2.38 bits per heavy atom. The van der Waals surface area contributed by atoms with Crippen LogP contribution in [0.1, 0.15) is 16.7 Å². The van der Waals surface area contributed by atoms with E-state index in [9.17, 15) is 13.6 Å². The zero-order chi connectivity index (χ0) is 20.2. The number of aliphatic imine (C=N–C) groups is 1. The Balaban J connectivity index is 1.46. The SMILES string of the molecule is O=C1OC(c2cccc(F)c2)=N/C1=C\c1ccc(OCc2cccc(F)c2)cc1. The van der Waals surface area contributed by atoms with Crippen LogP contribution in [0.25, 0.3) is 6.08 Å². The van der Waals surface area contributed by atoms with Crippen molar-refractivity contribution in [3.63, 3.8) is 0 Å². The number of ether oxygens (including phenoxy) is 2. The summed E-state index contributed by atoms with van der Waals surface area (Å²) in [7, 11) is 0. The van der Waals surface area contributed by atoms with Crippen LogP contribution >= 0.6 is 0 Å². The van der Waals surface area contributed by atoms with Gasteiger partial charge in [0.25, 0.3) is 0 Å². The Bertz CT molecular complexity index is 1120. The first-order chi connectivity index (χ1) is 14.1. The van der Waals surface area contributed by atoms with E-state index in [-0.39, 0.29) is 24.0 Å². The summed E-state index contributed by atoms with van der Waals surface area (Å²) in [5.41, 5.74) is 1.96. The minimum Gasteiger partial charge on any atom is -0.489 e. The largest absolute Gasteiger partial charge is 0.489 e. The Hall–Kier alpha value is -3.80. The number of cyclic esters (lactones) is 1. The van der Waals surface area contributed by atoms with Crippen LogP contribution in [-0.2, 0) is 16.1 Å². The average Bonchev–Trinajstić information content (AvgIpc) is 3.08. The van der Waals surface area contributed by atoms with Crippen LogP contribution in [0.3, 0.4) is 0 Å². The zero-order valence-corrected chi connectivity index (χ0v) is 15.1. The van der Waals surface area contributed by atoms with E-state index in [4.69, 9.17) is 9.47 Å². The summed E-state index contributed by atoms with van der Waals surface area (Å²) in [5, 5.41) is 0. The van der Waals surface area contributed by atoms with Gasteiger partial charge in [0.1, 0.15) is 24.0 Å². The lowest BCUT2D eigenvalue weighted by Crippen LogP contribution is -2.05. The van der Waals surface area contributed by atoms with E-state index in [0.29, 0.717) is 11.3 Å². The van der Waals surface area contributed by atoms with Crippen molar-refractivity contribution in [3.8, 4) is 5.75 Å². The summed E-state index contributed by atoms with van der Waals surface area (Å²) >= 11 is 0. The average molecular weight is 391 g/mol. The maximum absolute atomic E-state index is 13.3. The summed E-state index contributed by atoms with van der Waals surface area (Å²) < 4.78 is 37.3. The highest BCUT2D eigenvalue weighted by atomic mass is 19.1. The molecule has 4 nitrogen and oxygen atoms in total. The number of rotatable bonds is 5. The molecule has 0 fully saturated rings. The van der Waals surface area contributed by atoms with Gasteiger partial charge in [-0.25, -0.2) is 18.6 Å². The molecule has 0 unspecified atom stereocenters. The highest BCUT2D eigenvalue weighted by Gasteiger charge is 2.24. The molecule has 6 heteroatoms. The highest BCUT2D eigenvalue weighted by Crippen LogP contribution is 2.21. The maximum atomic E-state index is 13.3. The molecule has 0 aliphatic carbocycles. The Labute approximate surface area is 165 Å². The highest BCUT2D eigenvalue weighted by molar-refractivity contribution is 6.12. The molecule has 0 spiro atoms. The second-order valence-electron chi connectivity index (χ2n) is 6.33. The topological polar surface area (TPSA) is 47.9 Å². The molecule has 1 heterocycles. The van der Waals surface area contributed by atoms with E-state index in [1.54, 1.807) is 48.5 Å². The number of nitrogens with zero attached hydrogens (tertiary/aromatic N) is 1. The molecule has 3 aromatic rings. The molecule has 1 aliphatic heterocycles. The van der Waals surface area contributed by atoms with Gasteiger partial charge in [-0.2, -0.15) is 0 Å². The predicted octanol–water partition coefficient (Wildman–Crippen LogP) is 4.89. The van der Waals surface area contributed by atoms with Gasteiger partial charge in [-0.3, -0.25) is 0 Å². The van der Waals surface area contributed by atoms with E-state index in [1.165, 1.54) is 30.3 Å². The molecular weight excluding hydrogens is 376 g/mol. The first-order valence-corrected chi connectivity index (χ1v) is 8.83. The third-order valence-electron chi connectivity index (χ3n) is 4.17. The van der Waals surface area contributed by atoms with Gasteiger partial charge in [0.2, 0.25) is 5.90 Å². The summed E-state index contributed by atoms with van der Waals surface area (Å²) in [6.07, 6.45) is 1.57. The van der Waals surface area contributed by atoms with Crippen LogP contribution in [0.5, 0.6) is 5.75 Å². The quantitative estimate of drug-likeness (QED) is 0.460. The summed E-state index contributed by atoms with van der Waals surface area (Å²) in [5.74, 6) is -0.678. The fourth-order valence-corrected chi connectivity index (χ4v) is 2.77. The summed E-state index contributed by atoms with van der Waals surface area (Å²) in [6.45, 7) is 0.242. The Kier molecular flexibility index (Phi) is 5.16. The monoisotopic (exact) mass is 391 g/mol. The smallest absolute Gasteiger partial charge is 0.363 e.